The van der Waals surface area contributed by atoms with Crippen LogP contribution in [0, 0.1) is 0 Å². The van der Waals surface area contributed by atoms with Crippen LogP contribution >= 0.6 is 11.8 Å². The molecule has 2 aromatic rings. The molecule has 0 spiro atoms. The molecule has 160 valence electrons. The second-order valence-electron chi connectivity index (χ2n) is 6.75. The van der Waals surface area contributed by atoms with Gasteiger partial charge >= 0.3 is 6.03 Å². The van der Waals surface area contributed by atoms with Gasteiger partial charge in [0.1, 0.15) is 35.2 Å². The number of nitrogens with one attached hydrogen (secondary N) is 2. The van der Waals surface area contributed by atoms with Crippen LogP contribution in [0.4, 0.5) is 4.79 Å². The fraction of sp³-hybridized carbons (Fsp3) is 0.500. The number of barbiturate groups is 1. The third kappa shape index (κ3) is 3.04. The second-order valence-corrected chi connectivity index (χ2v) is 8.04. The molecule has 2 aromatic heterocycles. The molecule has 2 aliphatic rings. The summed E-state index contributed by atoms with van der Waals surface area (Å²) >= 11 is 0.826. The molecule has 0 radical (unpaired) electrons. The van der Waals surface area contributed by atoms with Crippen molar-refractivity contribution in [3.05, 3.63) is 12.7 Å². The molecule has 4 amide bonds. The van der Waals surface area contributed by atoms with Crippen LogP contribution in [-0.2, 0) is 14.3 Å². The number of nitrogens with zero attached hydrogens (tertiary/aromatic N) is 4. The summed E-state index contributed by atoms with van der Waals surface area (Å²) in [5.41, 5.74) is 0.451. The lowest BCUT2D eigenvalue weighted by molar-refractivity contribution is -0.133. The fourth-order valence-corrected chi connectivity index (χ4v) is 4.50. The van der Waals surface area contributed by atoms with Gasteiger partial charge in [0.2, 0.25) is 0 Å². The molecule has 0 aliphatic carbocycles. The van der Waals surface area contributed by atoms with Gasteiger partial charge in [-0.2, -0.15) is 0 Å². The van der Waals surface area contributed by atoms with E-state index in [1.54, 1.807) is 6.92 Å². The highest BCUT2D eigenvalue weighted by Crippen LogP contribution is 2.39. The van der Waals surface area contributed by atoms with Crippen LogP contribution in [0.1, 0.15) is 19.6 Å². The molecule has 2 saturated heterocycles. The van der Waals surface area contributed by atoms with E-state index in [0.717, 1.165) is 11.8 Å². The van der Waals surface area contributed by atoms with Crippen LogP contribution in [0.3, 0.4) is 0 Å². The molecule has 4 atom stereocenters. The molecule has 14 heteroatoms. The first kappa shape index (κ1) is 20.6. The van der Waals surface area contributed by atoms with E-state index in [-0.39, 0.29) is 22.6 Å². The highest BCUT2D eigenvalue weighted by atomic mass is 32.2. The summed E-state index contributed by atoms with van der Waals surface area (Å²) in [5.74, 6) is -1.53. The first-order valence-corrected chi connectivity index (χ1v) is 9.80. The van der Waals surface area contributed by atoms with E-state index < -0.39 is 53.7 Å². The highest BCUT2D eigenvalue weighted by Gasteiger charge is 2.51. The number of carbonyl (C=O) groups is 3. The molecular formula is C16H18N6O7S. The predicted octanol–water partition coefficient (Wildman–Crippen LogP) is -1.96. The Hall–Kier alpha value is -2.65. The largest absolute Gasteiger partial charge is 0.394 e. The monoisotopic (exact) mass is 438 g/mol. The Labute approximate surface area is 172 Å². The maximum atomic E-state index is 12.5. The minimum atomic E-state index is -1.64. The summed E-state index contributed by atoms with van der Waals surface area (Å²) in [6.45, 7) is 1.14. The molecule has 4 heterocycles. The molecule has 0 bridgehead atoms. The zero-order valence-electron chi connectivity index (χ0n) is 15.6. The first-order valence-electron chi connectivity index (χ1n) is 8.98. The molecule has 4 unspecified atom stereocenters. The number of aromatic nitrogens is 4. The number of ether oxygens (including phenoxy) is 1. The van der Waals surface area contributed by atoms with Crippen molar-refractivity contribution in [2.45, 2.75) is 47.7 Å². The van der Waals surface area contributed by atoms with E-state index in [4.69, 9.17) is 4.74 Å². The van der Waals surface area contributed by atoms with Crippen molar-refractivity contribution < 1.29 is 34.4 Å². The predicted molar refractivity (Wildman–Crippen MR) is 98.9 cm³/mol. The van der Waals surface area contributed by atoms with Gasteiger partial charge in [0.25, 0.3) is 11.8 Å². The summed E-state index contributed by atoms with van der Waals surface area (Å²) in [6, 6.07) is -0.892. The zero-order chi connectivity index (χ0) is 21.6. The number of thioether (sulfide) groups is 1. The highest BCUT2D eigenvalue weighted by molar-refractivity contribution is 8.02. The van der Waals surface area contributed by atoms with E-state index in [1.807, 2.05) is 0 Å². The van der Waals surface area contributed by atoms with Gasteiger partial charge < -0.3 is 20.1 Å². The van der Waals surface area contributed by atoms with E-state index in [2.05, 4.69) is 25.6 Å². The summed E-state index contributed by atoms with van der Waals surface area (Å²) in [5, 5.41) is 33.9. The van der Waals surface area contributed by atoms with Gasteiger partial charge in [-0.1, -0.05) is 18.7 Å². The van der Waals surface area contributed by atoms with Crippen LogP contribution in [0.2, 0.25) is 0 Å². The molecule has 0 saturated carbocycles. The van der Waals surface area contributed by atoms with E-state index in [0.29, 0.717) is 0 Å². The summed E-state index contributed by atoms with van der Waals surface area (Å²) in [7, 11) is 0. The summed E-state index contributed by atoms with van der Waals surface area (Å²) in [6.07, 6.45) is -2.10. The Morgan fingerprint density at radius 1 is 1.17 bits per heavy atom. The lowest BCUT2D eigenvalue weighted by Gasteiger charge is -2.31. The Bertz CT molecular complexity index is 1010. The number of aliphatic hydroxyl groups is 3. The van der Waals surface area contributed by atoms with Crippen LogP contribution < -0.4 is 10.6 Å². The van der Waals surface area contributed by atoms with Crippen molar-refractivity contribution in [2.24, 2.45) is 0 Å². The van der Waals surface area contributed by atoms with Crippen LogP contribution in [0.5, 0.6) is 0 Å². The summed E-state index contributed by atoms with van der Waals surface area (Å²) in [4.78, 5) is 48.9. The van der Waals surface area contributed by atoms with Crippen molar-refractivity contribution in [1.29, 1.82) is 0 Å². The quantitative estimate of drug-likeness (QED) is 0.257. The molecule has 4 rings (SSSR count). The Kier molecular flexibility index (Phi) is 5.19. The van der Waals surface area contributed by atoms with Crippen molar-refractivity contribution in [3.63, 3.8) is 0 Å². The maximum absolute atomic E-state index is 12.5. The van der Waals surface area contributed by atoms with Crippen molar-refractivity contribution in [3.8, 4) is 0 Å². The number of imidazole rings is 1. The van der Waals surface area contributed by atoms with E-state index in [1.165, 1.54) is 17.2 Å². The molecule has 13 nitrogen and oxygen atoms in total. The summed E-state index contributed by atoms with van der Waals surface area (Å²) < 4.78 is 5.23. The van der Waals surface area contributed by atoms with Crippen molar-refractivity contribution >= 4 is 40.8 Å². The zero-order valence-corrected chi connectivity index (χ0v) is 16.4. The number of imide groups is 2. The van der Waals surface area contributed by atoms with Gasteiger partial charge in [0, 0.05) is 0 Å². The lowest BCUT2D eigenvalue weighted by atomic mass is 10.0. The SMILES string of the molecule is CCC1(Sc2ncnc3c2ncn3C2OC(CO)C(O)C2O)C(=O)NC(=O)NC1=O. The van der Waals surface area contributed by atoms with Crippen LogP contribution in [0.15, 0.2) is 17.7 Å². The third-order valence-electron chi connectivity index (χ3n) is 5.07. The Balaban J connectivity index is 1.72. The van der Waals surface area contributed by atoms with Gasteiger partial charge in [-0.25, -0.2) is 19.7 Å². The van der Waals surface area contributed by atoms with Gasteiger partial charge in [-0.05, 0) is 6.42 Å². The van der Waals surface area contributed by atoms with Gasteiger partial charge in [0.15, 0.2) is 16.6 Å². The van der Waals surface area contributed by atoms with Crippen molar-refractivity contribution in [2.75, 3.05) is 6.61 Å². The molecule has 2 fully saturated rings. The standard InChI is InChI=1S/C16H18N6O7S/c1-2-16(13(26)20-15(28)21-14(16)27)30-11-7-10(17-4-18-11)22(5-19-7)12-9(25)8(24)6(3-23)29-12/h4-6,8-9,12,23-25H,2-3H2,1H3,(H2,20,21,26,27,28). The number of hydrogen-bond acceptors (Lipinski definition) is 11. The number of rotatable bonds is 5. The molecular weight excluding hydrogens is 420 g/mol. The van der Waals surface area contributed by atoms with Crippen molar-refractivity contribution in [1.82, 2.24) is 30.2 Å². The number of aliphatic hydroxyl groups excluding tert-OH is 3. The van der Waals surface area contributed by atoms with Gasteiger partial charge in [0.05, 0.1) is 12.9 Å². The number of fused-ring (bicyclic) bond motifs is 1. The number of amides is 4. The minimum Gasteiger partial charge on any atom is -0.394 e. The normalized spacial score (nSPS) is 28.6. The Morgan fingerprint density at radius 3 is 2.47 bits per heavy atom. The number of hydrogen-bond donors (Lipinski definition) is 5. The average Bonchev–Trinajstić information content (AvgIpc) is 3.26. The molecule has 5 N–H and O–H groups in total. The van der Waals surface area contributed by atoms with Crippen LogP contribution in [-0.4, -0.2) is 82.3 Å². The van der Waals surface area contributed by atoms with E-state index in [9.17, 15) is 29.7 Å². The van der Waals surface area contributed by atoms with Gasteiger partial charge in [-0.3, -0.25) is 24.8 Å². The average molecular weight is 438 g/mol. The number of carbonyl (C=O) groups excluding carboxylic acids is 3. The number of urea groups is 1. The van der Waals surface area contributed by atoms with Gasteiger partial charge in [-0.15, -0.1) is 0 Å². The molecule has 30 heavy (non-hydrogen) atoms. The molecule has 0 aromatic carbocycles. The minimum absolute atomic E-state index is 0.0731. The molecule has 2 aliphatic heterocycles. The maximum Gasteiger partial charge on any atom is 0.328 e. The smallest absolute Gasteiger partial charge is 0.328 e. The van der Waals surface area contributed by atoms with E-state index >= 15 is 0 Å². The first-order chi connectivity index (χ1) is 14.3. The topological polar surface area (TPSA) is 189 Å². The van der Waals surface area contributed by atoms with Crippen LogP contribution in [0.25, 0.3) is 11.2 Å². The third-order valence-corrected chi connectivity index (χ3v) is 6.57. The second kappa shape index (κ2) is 7.55. The lowest BCUT2D eigenvalue weighted by Crippen LogP contribution is -2.64. The fourth-order valence-electron chi connectivity index (χ4n) is 3.39. The Morgan fingerprint density at radius 2 is 1.87 bits per heavy atom.